The van der Waals surface area contributed by atoms with Crippen LogP contribution in [0.1, 0.15) is 29.9 Å². The van der Waals surface area contributed by atoms with Gasteiger partial charge >= 0.3 is 0 Å². The van der Waals surface area contributed by atoms with Crippen molar-refractivity contribution >= 4 is 23.0 Å². The van der Waals surface area contributed by atoms with E-state index in [0.29, 0.717) is 0 Å². The number of benzene rings is 2. The van der Waals surface area contributed by atoms with E-state index in [4.69, 9.17) is 11.6 Å². The number of rotatable bonds is 5. The van der Waals surface area contributed by atoms with Gasteiger partial charge in [-0.2, -0.15) is 0 Å². The standard InChI is InChI=1S/C18H21ClN2/c1-21(2)18-16(19)7-4-8-17(18)20-12-13-5-3-6-15(11-13)14-9-10-14/h3-8,11,14,20H,9-10,12H2,1-2H3. The Morgan fingerprint density at radius 2 is 1.90 bits per heavy atom. The molecule has 2 aromatic carbocycles. The molecule has 21 heavy (non-hydrogen) atoms. The third-order valence-corrected chi connectivity index (χ3v) is 4.22. The molecule has 0 saturated heterocycles. The smallest absolute Gasteiger partial charge is 0.0786 e. The Labute approximate surface area is 131 Å². The average Bonchev–Trinajstić information content (AvgIpc) is 3.29. The van der Waals surface area contributed by atoms with Crippen molar-refractivity contribution in [2.24, 2.45) is 0 Å². The van der Waals surface area contributed by atoms with Crippen LogP contribution in [0.2, 0.25) is 5.02 Å². The lowest BCUT2D eigenvalue weighted by Crippen LogP contribution is -2.12. The molecule has 0 radical (unpaired) electrons. The molecule has 0 aromatic heterocycles. The maximum absolute atomic E-state index is 6.30. The number of nitrogens with one attached hydrogen (secondary N) is 1. The molecular formula is C18H21ClN2. The van der Waals surface area contributed by atoms with Crippen LogP contribution in [0.25, 0.3) is 0 Å². The van der Waals surface area contributed by atoms with Gasteiger partial charge in [-0.05, 0) is 42.0 Å². The summed E-state index contributed by atoms with van der Waals surface area (Å²) in [7, 11) is 4.03. The van der Waals surface area contributed by atoms with E-state index in [0.717, 1.165) is 28.9 Å². The summed E-state index contributed by atoms with van der Waals surface area (Å²) in [4.78, 5) is 2.05. The largest absolute Gasteiger partial charge is 0.379 e. The van der Waals surface area contributed by atoms with Crippen molar-refractivity contribution in [1.82, 2.24) is 0 Å². The predicted molar refractivity (Wildman–Crippen MR) is 91.5 cm³/mol. The van der Waals surface area contributed by atoms with Gasteiger partial charge in [0.05, 0.1) is 16.4 Å². The summed E-state index contributed by atoms with van der Waals surface area (Å²) in [6, 6.07) is 14.9. The fourth-order valence-electron chi connectivity index (χ4n) is 2.68. The molecule has 0 spiro atoms. The highest BCUT2D eigenvalue weighted by Gasteiger charge is 2.23. The van der Waals surface area contributed by atoms with E-state index in [-0.39, 0.29) is 0 Å². The second-order valence-corrected chi connectivity index (χ2v) is 6.31. The van der Waals surface area contributed by atoms with Gasteiger partial charge in [-0.25, -0.2) is 0 Å². The Morgan fingerprint density at radius 3 is 2.62 bits per heavy atom. The Kier molecular flexibility index (Phi) is 4.07. The van der Waals surface area contributed by atoms with Crippen LogP contribution in [0.3, 0.4) is 0 Å². The van der Waals surface area contributed by atoms with Crippen LogP contribution in [0.15, 0.2) is 42.5 Å². The Morgan fingerprint density at radius 1 is 1.14 bits per heavy atom. The average molecular weight is 301 g/mol. The van der Waals surface area contributed by atoms with Crippen LogP contribution in [-0.4, -0.2) is 14.1 Å². The van der Waals surface area contributed by atoms with Crippen LogP contribution in [-0.2, 0) is 6.54 Å². The first kappa shape index (κ1) is 14.3. The third-order valence-electron chi connectivity index (χ3n) is 3.92. The number of anilines is 2. The molecular weight excluding hydrogens is 280 g/mol. The molecule has 1 aliphatic rings. The Balaban J connectivity index is 1.75. The molecule has 0 aliphatic heterocycles. The first-order chi connectivity index (χ1) is 10.1. The summed E-state index contributed by atoms with van der Waals surface area (Å²) in [5.74, 6) is 0.799. The predicted octanol–water partition coefficient (Wildman–Crippen LogP) is 4.90. The summed E-state index contributed by atoms with van der Waals surface area (Å²) >= 11 is 6.30. The number of nitrogens with zero attached hydrogens (tertiary/aromatic N) is 1. The van der Waals surface area contributed by atoms with Gasteiger partial charge in [0, 0.05) is 20.6 Å². The maximum atomic E-state index is 6.30. The van der Waals surface area contributed by atoms with Crippen molar-refractivity contribution in [3.05, 3.63) is 58.6 Å². The molecule has 3 heteroatoms. The highest BCUT2D eigenvalue weighted by atomic mass is 35.5. The first-order valence-corrected chi connectivity index (χ1v) is 7.81. The quantitative estimate of drug-likeness (QED) is 0.845. The molecule has 0 atom stereocenters. The molecule has 1 fully saturated rings. The number of hydrogen-bond donors (Lipinski definition) is 1. The molecule has 0 bridgehead atoms. The zero-order valence-corrected chi connectivity index (χ0v) is 13.3. The zero-order chi connectivity index (χ0) is 14.8. The van der Waals surface area contributed by atoms with E-state index >= 15 is 0 Å². The lowest BCUT2D eigenvalue weighted by molar-refractivity contribution is 1.07. The number of hydrogen-bond acceptors (Lipinski definition) is 2. The minimum absolute atomic E-state index is 0.775. The van der Waals surface area contributed by atoms with Gasteiger partial charge < -0.3 is 10.2 Å². The van der Waals surface area contributed by atoms with Gasteiger partial charge in [0.15, 0.2) is 0 Å². The molecule has 0 unspecified atom stereocenters. The molecule has 0 heterocycles. The molecule has 1 saturated carbocycles. The fourth-order valence-corrected chi connectivity index (χ4v) is 3.03. The third kappa shape index (κ3) is 3.33. The van der Waals surface area contributed by atoms with Crippen LogP contribution in [0.4, 0.5) is 11.4 Å². The summed E-state index contributed by atoms with van der Waals surface area (Å²) in [5, 5.41) is 4.29. The van der Waals surface area contributed by atoms with Crippen molar-refractivity contribution in [3.63, 3.8) is 0 Å². The van der Waals surface area contributed by atoms with E-state index in [1.54, 1.807) is 0 Å². The summed E-state index contributed by atoms with van der Waals surface area (Å²) in [6.45, 7) is 0.821. The second-order valence-electron chi connectivity index (χ2n) is 5.90. The van der Waals surface area contributed by atoms with Crippen molar-refractivity contribution < 1.29 is 0 Å². The van der Waals surface area contributed by atoms with Gasteiger partial charge in [0.2, 0.25) is 0 Å². The van der Waals surface area contributed by atoms with Gasteiger partial charge in [0.25, 0.3) is 0 Å². The monoisotopic (exact) mass is 300 g/mol. The van der Waals surface area contributed by atoms with Crippen LogP contribution in [0.5, 0.6) is 0 Å². The van der Waals surface area contributed by atoms with Crippen LogP contribution < -0.4 is 10.2 Å². The molecule has 1 aliphatic carbocycles. The SMILES string of the molecule is CN(C)c1c(Cl)cccc1NCc1cccc(C2CC2)c1. The van der Waals surface area contributed by atoms with E-state index in [1.165, 1.54) is 24.0 Å². The molecule has 110 valence electrons. The molecule has 3 rings (SSSR count). The van der Waals surface area contributed by atoms with E-state index < -0.39 is 0 Å². The van der Waals surface area contributed by atoms with Crippen LogP contribution >= 0.6 is 11.6 Å². The minimum Gasteiger partial charge on any atom is -0.379 e. The first-order valence-electron chi connectivity index (χ1n) is 7.43. The normalized spacial score (nSPS) is 14.0. The highest BCUT2D eigenvalue weighted by molar-refractivity contribution is 6.34. The van der Waals surface area contributed by atoms with Crippen molar-refractivity contribution in [2.75, 3.05) is 24.3 Å². The highest BCUT2D eigenvalue weighted by Crippen LogP contribution is 2.40. The summed E-state index contributed by atoms with van der Waals surface area (Å²) in [6.07, 6.45) is 2.69. The Bertz CT molecular complexity index is 633. The van der Waals surface area contributed by atoms with Crippen molar-refractivity contribution in [2.45, 2.75) is 25.3 Å². The van der Waals surface area contributed by atoms with E-state index in [1.807, 2.05) is 31.1 Å². The molecule has 0 amide bonds. The lowest BCUT2D eigenvalue weighted by Gasteiger charge is -2.20. The maximum Gasteiger partial charge on any atom is 0.0786 e. The molecule has 2 nitrogen and oxygen atoms in total. The zero-order valence-electron chi connectivity index (χ0n) is 12.6. The van der Waals surface area contributed by atoms with Gasteiger partial charge in [0.1, 0.15) is 0 Å². The fraction of sp³-hybridized carbons (Fsp3) is 0.333. The number of halogens is 1. The van der Waals surface area contributed by atoms with E-state index in [2.05, 4.69) is 35.6 Å². The summed E-state index contributed by atoms with van der Waals surface area (Å²) < 4.78 is 0. The van der Waals surface area contributed by atoms with Crippen LogP contribution in [0, 0.1) is 0 Å². The second kappa shape index (κ2) is 5.98. The van der Waals surface area contributed by atoms with Crippen molar-refractivity contribution in [1.29, 1.82) is 0 Å². The Hall–Kier alpha value is -1.67. The van der Waals surface area contributed by atoms with Gasteiger partial charge in [-0.1, -0.05) is 41.9 Å². The van der Waals surface area contributed by atoms with Gasteiger partial charge in [-0.15, -0.1) is 0 Å². The van der Waals surface area contributed by atoms with Gasteiger partial charge in [-0.3, -0.25) is 0 Å². The summed E-state index contributed by atoms with van der Waals surface area (Å²) in [5.41, 5.74) is 4.92. The topological polar surface area (TPSA) is 15.3 Å². The minimum atomic E-state index is 0.775. The van der Waals surface area contributed by atoms with E-state index in [9.17, 15) is 0 Å². The lowest BCUT2D eigenvalue weighted by atomic mass is 10.1. The molecule has 1 N–H and O–H groups in total. The number of para-hydroxylation sites is 1. The molecule has 2 aromatic rings. The van der Waals surface area contributed by atoms with Crippen molar-refractivity contribution in [3.8, 4) is 0 Å².